The Labute approximate surface area is 197 Å². The van der Waals surface area contributed by atoms with Crippen LogP contribution < -0.4 is 0 Å². The summed E-state index contributed by atoms with van der Waals surface area (Å²) in [5, 5.41) is 5.46. The van der Waals surface area contributed by atoms with Gasteiger partial charge in [-0.05, 0) is 53.1 Å². The Morgan fingerprint density at radius 3 is 2.12 bits per heavy atom. The van der Waals surface area contributed by atoms with E-state index in [0.29, 0.717) is 0 Å². The Kier molecular flexibility index (Phi) is 5.91. The number of halogens is 1. The molecule has 0 aliphatic rings. The molecule has 0 fully saturated rings. The SMILES string of the molecule is COC(=O)C(c1ccccc1)C(c1ccccc1)c1ccc2c(cnn2-c2ccc(F)cc2)c1. The van der Waals surface area contributed by atoms with Crippen LogP contribution in [-0.2, 0) is 9.53 Å². The summed E-state index contributed by atoms with van der Waals surface area (Å²) < 4.78 is 20.4. The lowest BCUT2D eigenvalue weighted by atomic mass is 9.77. The highest BCUT2D eigenvalue weighted by Crippen LogP contribution is 2.40. The Morgan fingerprint density at radius 2 is 1.47 bits per heavy atom. The highest BCUT2D eigenvalue weighted by Gasteiger charge is 2.33. The molecule has 0 spiro atoms. The molecule has 0 saturated carbocycles. The first-order chi connectivity index (χ1) is 16.7. The van der Waals surface area contributed by atoms with Crippen molar-refractivity contribution < 1.29 is 13.9 Å². The summed E-state index contributed by atoms with van der Waals surface area (Å²) >= 11 is 0. The van der Waals surface area contributed by atoms with Gasteiger partial charge in [0.2, 0.25) is 0 Å². The number of nitrogens with zero attached hydrogens (tertiary/aromatic N) is 2. The van der Waals surface area contributed by atoms with Gasteiger partial charge in [0, 0.05) is 11.3 Å². The molecule has 2 unspecified atom stereocenters. The third-order valence-electron chi connectivity index (χ3n) is 6.13. The van der Waals surface area contributed by atoms with E-state index in [9.17, 15) is 9.18 Å². The molecule has 5 aromatic rings. The number of fused-ring (bicyclic) bond motifs is 1. The van der Waals surface area contributed by atoms with Crippen LogP contribution in [0.5, 0.6) is 0 Å². The lowest BCUT2D eigenvalue weighted by Gasteiger charge is -2.27. The summed E-state index contributed by atoms with van der Waals surface area (Å²) in [7, 11) is 1.43. The van der Waals surface area contributed by atoms with Gasteiger partial charge in [-0.15, -0.1) is 0 Å². The van der Waals surface area contributed by atoms with Crippen molar-refractivity contribution in [3.63, 3.8) is 0 Å². The van der Waals surface area contributed by atoms with Gasteiger partial charge >= 0.3 is 5.97 Å². The molecule has 4 nitrogen and oxygen atoms in total. The highest BCUT2D eigenvalue weighted by molar-refractivity contribution is 5.83. The molecule has 168 valence electrons. The largest absolute Gasteiger partial charge is 0.469 e. The zero-order valence-electron chi connectivity index (χ0n) is 18.6. The molecule has 2 atom stereocenters. The third kappa shape index (κ3) is 4.08. The Balaban J connectivity index is 1.65. The predicted octanol–water partition coefficient (Wildman–Crippen LogP) is 6.25. The lowest BCUT2D eigenvalue weighted by molar-refractivity contribution is -0.142. The van der Waals surface area contributed by atoms with Crippen LogP contribution in [0.4, 0.5) is 4.39 Å². The molecule has 34 heavy (non-hydrogen) atoms. The molecule has 1 aromatic heterocycles. The number of carbonyl (C=O) groups excluding carboxylic acids is 1. The Bertz CT molecular complexity index is 1410. The van der Waals surface area contributed by atoms with E-state index in [1.165, 1.54) is 19.2 Å². The number of methoxy groups -OCH3 is 1. The maximum absolute atomic E-state index is 13.4. The average Bonchev–Trinajstić information content (AvgIpc) is 3.31. The van der Waals surface area contributed by atoms with E-state index in [2.05, 4.69) is 11.2 Å². The van der Waals surface area contributed by atoms with Crippen LogP contribution in [0.3, 0.4) is 0 Å². The van der Waals surface area contributed by atoms with Gasteiger partial charge in [-0.3, -0.25) is 4.79 Å². The van der Waals surface area contributed by atoms with Crippen molar-refractivity contribution in [1.29, 1.82) is 0 Å². The first-order valence-electron chi connectivity index (χ1n) is 11.1. The number of benzene rings is 4. The van der Waals surface area contributed by atoms with Crippen molar-refractivity contribution in [2.24, 2.45) is 0 Å². The second kappa shape index (κ2) is 9.32. The number of carbonyl (C=O) groups is 1. The molecule has 0 N–H and O–H groups in total. The zero-order valence-corrected chi connectivity index (χ0v) is 18.6. The lowest BCUT2D eigenvalue weighted by Crippen LogP contribution is -2.23. The fraction of sp³-hybridized carbons (Fsp3) is 0.103. The summed E-state index contributed by atoms with van der Waals surface area (Å²) in [4.78, 5) is 13.1. The second-order valence-electron chi connectivity index (χ2n) is 8.15. The monoisotopic (exact) mass is 450 g/mol. The third-order valence-corrected chi connectivity index (χ3v) is 6.13. The van der Waals surface area contributed by atoms with Crippen molar-refractivity contribution in [2.45, 2.75) is 11.8 Å². The minimum atomic E-state index is -0.516. The molecule has 5 rings (SSSR count). The van der Waals surface area contributed by atoms with E-state index in [4.69, 9.17) is 4.74 Å². The molecule has 0 saturated heterocycles. The molecule has 0 amide bonds. The molecule has 5 heteroatoms. The van der Waals surface area contributed by atoms with Gasteiger partial charge in [-0.1, -0.05) is 66.7 Å². The molecule has 0 bridgehead atoms. The molecule has 4 aromatic carbocycles. The fourth-order valence-corrected chi connectivity index (χ4v) is 4.52. The second-order valence-corrected chi connectivity index (χ2v) is 8.15. The first-order valence-corrected chi connectivity index (χ1v) is 11.1. The average molecular weight is 451 g/mol. The maximum Gasteiger partial charge on any atom is 0.314 e. The van der Waals surface area contributed by atoms with E-state index in [0.717, 1.165) is 33.3 Å². The maximum atomic E-state index is 13.4. The van der Waals surface area contributed by atoms with E-state index in [1.807, 2.05) is 72.8 Å². The Morgan fingerprint density at radius 1 is 0.824 bits per heavy atom. The van der Waals surface area contributed by atoms with Gasteiger partial charge in [0.05, 0.1) is 30.4 Å². The molecular formula is C29H23FN2O2. The van der Waals surface area contributed by atoms with Gasteiger partial charge in [0.15, 0.2) is 0 Å². The van der Waals surface area contributed by atoms with E-state index >= 15 is 0 Å². The van der Waals surface area contributed by atoms with E-state index in [1.54, 1.807) is 23.0 Å². The first kappa shape index (κ1) is 21.6. The molecule has 0 radical (unpaired) electrons. The number of hydrogen-bond acceptors (Lipinski definition) is 3. The number of ether oxygens (including phenoxy) is 1. The Hall–Kier alpha value is -4.25. The minimum absolute atomic E-state index is 0.255. The van der Waals surface area contributed by atoms with Crippen molar-refractivity contribution in [3.05, 3.63) is 132 Å². The topological polar surface area (TPSA) is 44.1 Å². The van der Waals surface area contributed by atoms with E-state index < -0.39 is 5.92 Å². The summed E-state index contributed by atoms with van der Waals surface area (Å²) in [5.74, 6) is -1.35. The van der Waals surface area contributed by atoms with Crippen molar-refractivity contribution in [2.75, 3.05) is 7.11 Å². The minimum Gasteiger partial charge on any atom is -0.469 e. The normalized spacial score (nSPS) is 12.9. The van der Waals surface area contributed by atoms with Gasteiger partial charge in [0.25, 0.3) is 0 Å². The predicted molar refractivity (Wildman–Crippen MR) is 131 cm³/mol. The van der Waals surface area contributed by atoms with E-state index in [-0.39, 0.29) is 17.7 Å². The van der Waals surface area contributed by atoms with Crippen LogP contribution in [0.15, 0.2) is 109 Å². The summed E-state index contributed by atoms with van der Waals surface area (Å²) in [5.41, 5.74) is 4.57. The van der Waals surface area contributed by atoms with Crippen LogP contribution in [0.25, 0.3) is 16.6 Å². The summed E-state index contributed by atoms with van der Waals surface area (Å²) in [6, 6.07) is 32.1. The summed E-state index contributed by atoms with van der Waals surface area (Å²) in [6.45, 7) is 0. The van der Waals surface area contributed by atoms with Gasteiger partial charge in [-0.2, -0.15) is 5.10 Å². The molecule has 0 aliphatic carbocycles. The van der Waals surface area contributed by atoms with Crippen LogP contribution >= 0.6 is 0 Å². The number of aromatic nitrogens is 2. The molecule has 0 aliphatic heterocycles. The zero-order chi connectivity index (χ0) is 23.5. The van der Waals surface area contributed by atoms with Gasteiger partial charge < -0.3 is 4.74 Å². The van der Waals surface area contributed by atoms with Gasteiger partial charge in [-0.25, -0.2) is 9.07 Å². The highest BCUT2D eigenvalue weighted by atomic mass is 19.1. The van der Waals surface area contributed by atoms with Crippen LogP contribution in [0.2, 0.25) is 0 Å². The molecule has 1 heterocycles. The quantitative estimate of drug-likeness (QED) is 0.287. The number of rotatable bonds is 6. The number of esters is 1. The number of hydrogen-bond donors (Lipinski definition) is 0. The van der Waals surface area contributed by atoms with Crippen LogP contribution in [0, 0.1) is 5.82 Å². The fourth-order valence-electron chi connectivity index (χ4n) is 4.52. The van der Waals surface area contributed by atoms with Crippen LogP contribution in [-0.4, -0.2) is 22.9 Å². The van der Waals surface area contributed by atoms with Crippen molar-refractivity contribution in [1.82, 2.24) is 9.78 Å². The molecular weight excluding hydrogens is 427 g/mol. The van der Waals surface area contributed by atoms with Crippen molar-refractivity contribution in [3.8, 4) is 5.69 Å². The standard InChI is InChI=1S/C29H23FN2O2/c1-34-29(33)28(21-10-6-3-7-11-21)27(20-8-4-2-5-9-20)22-12-17-26-23(18-22)19-31-32(26)25-15-13-24(30)14-16-25/h2-19,27-28H,1H3. The summed E-state index contributed by atoms with van der Waals surface area (Å²) in [6.07, 6.45) is 1.79. The smallest absolute Gasteiger partial charge is 0.314 e. The van der Waals surface area contributed by atoms with Crippen LogP contribution in [0.1, 0.15) is 28.5 Å². The van der Waals surface area contributed by atoms with Gasteiger partial charge in [0.1, 0.15) is 5.82 Å². The van der Waals surface area contributed by atoms with Crippen molar-refractivity contribution >= 4 is 16.9 Å².